The van der Waals surface area contributed by atoms with Gasteiger partial charge in [-0.2, -0.15) is 0 Å². The monoisotopic (exact) mass is 1350 g/mol. The number of aliphatic hydroxyl groups is 3. The van der Waals surface area contributed by atoms with Crippen molar-refractivity contribution in [3.05, 3.63) is 107 Å². The van der Waals surface area contributed by atoms with E-state index in [-0.39, 0.29) is 83.1 Å². The van der Waals surface area contributed by atoms with Crippen molar-refractivity contribution in [2.75, 3.05) is 26.4 Å². The predicted molar refractivity (Wildman–Crippen MR) is 367 cm³/mol. The van der Waals surface area contributed by atoms with Crippen LogP contribution in [0, 0.1) is 157 Å². The molecule has 7 aliphatic heterocycles. The molecule has 22 aliphatic rings. The Balaban J connectivity index is 0.759. The first-order valence-electron chi connectivity index (χ1n) is 40.9. The average Bonchev–Trinajstić information content (AvgIpc) is 1.41. The van der Waals surface area contributed by atoms with Crippen molar-refractivity contribution in [1.82, 2.24) is 10.2 Å². The van der Waals surface area contributed by atoms with Crippen LogP contribution in [-0.4, -0.2) is 106 Å². The summed E-state index contributed by atoms with van der Waals surface area (Å²) in [4.78, 5) is 54.8. The van der Waals surface area contributed by atoms with Crippen LogP contribution >= 0.6 is 0 Å². The first kappa shape index (κ1) is 60.5. The second kappa shape index (κ2) is 19.6. The van der Waals surface area contributed by atoms with E-state index < -0.39 is 97.9 Å². The summed E-state index contributed by atoms with van der Waals surface area (Å²) >= 11 is 0. The number of allylic oxidation sites excluding steroid dienone is 4. The molecule has 0 radical (unpaired) electrons. The van der Waals surface area contributed by atoms with Crippen molar-refractivity contribution in [2.24, 2.45) is 145 Å². The van der Waals surface area contributed by atoms with Crippen molar-refractivity contribution in [2.45, 2.75) is 221 Å². The highest BCUT2D eigenvalue weighted by Crippen LogP contribution is 2.94. The summed E-state index contributed by atoms with van der Waals surface area (Å²) in [5.74, 6) is 7.83. The molecule has 13 nitrogen and oxygen atoms in total. The van der Waals surface area contributed by atoms with Crippen LogP contribution in [0.15, 0.2) is 88.7 Å². The quantitative estimate of drug-likeness (QED) is 0.0891. The number of Topliss-reactive ketones (excluding diaryl/α,β-unsaturated/α-hetero) is 1. The van der Waals surface area contributed by atoms with Gasteiger partial charge in [-0.3, -0.25) is 14.9 Å². The zero-order valence-electron chi connectivity index (χ0n) is 58.5. The highest BCUT2D eigenvalue weighted by atomic mass is 16.7. The highest BCUT2D eigenvalue weighted by molar-refractivity contribution is 5.95. The second-order valence-corrected chi connectivity index (χ2v) is 39.1. The van der Waals surface area contributed by atoms with E-state index in [9.17, 15) is 14.9 Å². The maximum Gasteiger partial charge on any atom is 0.339 e. The zero-order chi connectivity index (χ0) is 66.4. The van der Waals surface area contributed by atoms with Crippen LogP contribution in [0.2, 0.25) is 0 Å². The van der Waals surface area contributed by atoms with Gasteiger partial charge in [0.05, 0.1) is 54.4 Å². The van der Waals surface area contributed by atoms with Gasteiger partial charge in [-0.15, -0.1) is 0 Å². The topological polar surface area (TPSA) is 181 Å². The number of furan rings is 1. The molecule has 0 amide bonds. The second-order valence-electron chi connectivity index (χ2n) is 39.1. The SMILES string of the molecule is C[C@]12C[C@H]3C[C@@]45CC6(CCCC6)C[C@@H]4CC4=C[C@@H]6[C@]78CC[C@H]9CCC[C@H]9[C@H]7CC=C7C=C[C@H](C[C@H]78)[C@]67O[C@]46[C@H]5C(=O)OC[C@@]64[C@@H]7C(=O)[C@@H](O)[C@]5([C@@H]6C[C@@H](Cc7ccccc7)CC[C@@H]6C#C[C@@H]6CCc7coc(C[C@@H]([C@@H]8CC[C@H]9[C@H](C=CN%10CNC[C@H]9%10)C8)[C@H](O)CO)c7[C@@]61OC(=O)[C@H]1O[C@@]152)[C@H]34. The van der Waals surface area contributed by atoms with Crippen LogP contribution in [0.5, 0.6) is 0 Å². The third-order valence-corrected chi connectivity index (χ3v) is 36.9. The number of nitrogens with one attached hydrogen (secondary N) is 1. The summed E-state index contributed by atoms with van der Waals surface area (Å²) in [6.45, 7) is 3.90. The molecule has 9 spiro atoms. The molecular formula is C87H102N2O11. The van der Waals surface area contributed by atoms with Crippen molar-refractivity contribution in [3.63, 3.8) is 0 Å². The summed E-state index contributed by atoms with van der Waals surface area (Å²) in [5.41, 5.74) is -3.64. The van der Waals surface area contributed by atoms with E-state index in [0.717, 1.165) is 121 Å². The minimum absolute atomic E-state index is 0.0450. The molecule has 24 rings (SSSR count). The summed E-state index contributed by atoms with van der Waals surface area (Å²) in [6, 6.07) is 11.4. The van der Waals surface area contributed by atoms with Gasteiger partial charge >= 0.3 is 11.9 Å². The molecule has 11 bridgehead atoms. The number of carbonyl (C=O) groups is 3. The molecule has 11 saturated carbocycles. The molecular weight excluding hydrogens is 1250 g/mol. The number of hydrogen-bond donors (Lipinski definition) is 4. The standard InChI is InChI=1S/C87H102N2O11/c1-78-37-54-38-80-43-79(26-5-6-27-79)39-58(80)33-57-35-68-81-28-24-48-10-7-11-59(48)62(81)23-18-49-15-21-56(34-63(49)81)84(68)72-70(92)74(93)83(71(54)82(72)44-97-76(94)73(80)86(57,82)100-84)64-31-47(30-46-8-3-2-4-9-46)12-13-50(64)14-19-55-20-16-53-42-96-67(69(53)85(55,78)99-77(95)75-87(78,83)98-75)36-61(66(91)41-90)51-17-22-60-52(32-51)25-29-89-45-88-40-65(60)89/h2-4,8-9,15,18,21,25,29,35,42,47-48,50-52,54-56,58-66,68,71-75,88,90-91,93H,5-7,10-13,16-17,20,22-24,26-28,30-34,36-41,43-45H2,1H3/t47-,48-,50-,51-,52-,54+,55-,56-,58+,59-,60+,61+,62-,63-,64-,65-,66-,68-,71-,72+,73+,74-,75-,78+,80-,81-,82-,83+,84+,85+,86+,87-/m1/s1. The third kappa shape index (κ3) is 6.50. The lowest BCUT2D eigenvalue weighted by Gasteiger charge is -2.74. The largest absolute Gasteiger partial charge is 0.469 e. The van der Waals surface area contributed by atoms with E-state index in [4.69, 9.17) is 18.6 Å². The number of carbonyl (C=O) groups excluding carboxylic acids is 3. The number of rotatable bonds is 7. The lowest BCUT2D eigenvalue weighted by molar-refractivity contribution is -0.320. The van der Waals surface area contributed by atoms with Crippen LogP contribution in [-0.2, 0) is 58.2 Å². The number of ketones is 1. The van der Waals surface area contributed by atoms with Crippen molar-refractivity contribution in [3.8, 4) is 11.8 Å². The fourth-order valence-corrected chi connectivity index (χ4v) is 34.7. The molecule has 0 unspecified atom stereocenters. The fourth-order valence-electron chi connectivity index (χ4n) is 34.7. The van der Waals surface area contributed by atoms with Gasteiger partial charge in [0.2, 0.25) is 0 Å². The smallest absolute Gasteiger partial charge is 0.339 e. The van der Waals surface area contributed by atoms with Gasteiger partial charge < -0.3 is 43.6 Å². The number of epoxide rings is 1. The summed E-state index contributed by atoms with van der Waals surface area (Å²) in [6.07, 6.45) is 38.0. The van der Waals surface area contributed by atoms with E-state index >= 15 is 19.5 Å². The Hall–Kier alpha value is -4.81. The van der Waals surface area contributed by atoms with Gasteiger partial charge in [-0.05, 0) is 256 Å². The molecule has 1 aromatic carbocycles. The van der Waals surface area contributed by atoms with Crippen LogP contribution in [0.4, 0.5) is 0 Å². The zero-order valence-corrected chi connectivity index (χ0v) is 58.5. The number of fused-ring (bicyclic) bond motifs is 8. The Kier molecular flexibility index (Phi) is 11.9. The maximum atomic E-state index is 18.8. The van der Waals surface area contributed by atoms with Crippen LogP contribution < -0.4 is 5.32 Å². The Morgan fingerprint density at radius 2 is 1.75 bits per heavy atom. The minimum Gasteiger partial charge on any atom is -0.469 e. The van der Waals surface area contributed by atoms with E-state index in [2.05, 4.69) is 95.9 Å². The van der Waals surface area contributed by atoms with E-state index in [1.54, 1.807) is 0 Å². The minimum atomic E-state index is -1.58. The lowest BCUT2D eigenvalue weighted by atomic mass is 9.27. The average molecular weight is 1350 g/mol. The third-order valence-electron chi connectivity index (χ3n) is 36.9. The van der Waals surface area contributed by atoms with E-state index in [1.807, 2.05) is 6.26 Å². The molecule has 2 aromatic rings. The summed E-state index contributed by atoms with van der Waals surface area (Å²) in [5, 5.41) is 43.1. The number of benzene rings is 1. The van der Waals surface area contributed by atoms with Gasteiger partial charge in [0.25, 0.3) is 0 Å². The van der Waals surface area contributed by atoms with Gasteiger partial charge in [-0.1, -0.05) is 105 Å². The van der Waals surface area contributed by atoms with Crippen molar-refractivity contribution in [1.29, 1.82) is 0 Å². The Morgan fingerprint density at radius 1 is 0.860 bits per heavy atom. The molecule has 16 fully saturated rings. The van der Waals surface area contributed by atoms with Crippen molar-refractivity contribution < 1.29 is 53.1 Å². The number of esters is 2. The van der Waals surface area contributed by atoms with Crippen LogP contribution in [0.1, 0.15) is 177 Å². The summed E-state index contributed by atoms with van der Waals surface area (Å²) in [7, 11) is 0. The maximum absolute atomic E-state index is 18.8. The molecule has 100 heavy (non-hydrogen) atoms. The van der Waals surface area contributed by atoms with Gasteiger partial charge in [0.15, 0.2) is 17.5 Å². The molecule has 13 heteroatoms. The molecule has 5 saturated heterocycles. The number of nitrogens with zero attached hydrogens (tertiary/aromatic N) is 1. The highest BCUT2D eigenvalue weighted by Gasteiger charge is 3.02. The molecule has 526 valence electrons. The van der Waals surface area contributed by atoms with Gasteiger partial charge in [0.1, 0.15) is 29.7 Å². The number of aliphatic hydroxyl groups excluding tert-OH is 3. The lowest BCUT2D eigenvalue weighted by Crippen LogP contribution is -2.84. The fraction of sp³-hybridized carbons (Fsp3) is 0.736. The Labute approximate surface area is 588 Å². The predicted octanol–water partition coefficient (Wildman–Crippen LogP) is 11.9. The molecule has 15 aliphatic carbocycles. The van der Waals surface area contributed by atoms with Gasteiger partial charge in [0, 0.05) is 53.2 Å². The Morgan fingerprint density at radius 3 is 2.63 bits per heavy atom. The van der Waals surface area contributed by atoms with E-state index in [0.29, 0.717) is 79.4 Å². The molecule has 32 atom stereocenters. The van der Waals surface area contributed by atoms with Crippen molar-refractivity contribution >= 4 is 17.7 Å². The van der Waals surface area contributed by atoms with Crippen LogP contribution in [0.3, 0.4) is 0 Å². The summed E-state index contributed by atoms with van der Waals surface area (Å²) < 4.78 is 39.8. The number of cyclic esters (lactones) is 1. The molecule has 1 aromatic heterocycles. The molecule has 4 N–H and O–H groups in total. The first-order valence-corrected chi connectivity index (χ1v) is 40.9. The number of aryl methyl sites for hydroxylation is 1. The number of ether oxygens (including phenoxy) is 4. The Bertz CT molecular complexity index is 4150. The van der Waals surface area contributed by atoms with E-state index in [1.165, 1.54) is 55.2 Å². The van der Waals surface area contributed by atoms with Crippen LogP contribution in [0.25, 0.3) is 0 Å². The normalized spacial score (nSPS) is 54.6. The number of hydrogen-bond acceptors (Lipinski definition) is 13. The molecule has 8 heterocycles. The van der Waals surface area contributed by atoms with Gasteiger partial charge in [-0.25, -0.2) is 4.79 Å². The first-order chi connectivity index (χ1) is 48.7.